The van der Waals surface area contributed by atoms with Gasteiger partial charge in [0.25, 0.3) is 5.91 Å². The Bertz CT molecular complexity index is 1040. The van der Waals surface area contributed by atoms with Crippen LogP contribution >= 0.6 is 11.3 Å². The molecule has 1 amide bonds. The lowest BCUT2D eigenvalue weighted by Gasteiger charge is -2.18. The van der Waals surface area contributed by atoms with Gasteiger partial charge in [-0.3, -0.25) is 4.79 Å². The number of amides is 1. The second-order valence-electron chi connectivity index (χ2n) is 6.20. The highest BCUT2D eigenvalue weighted by Crippen LogP contribution is 2.21. The van der Waals surface area contributed by atoms with Gasteiger partial charge in [0, 0.05) is 31.6 Å². The first-order valence-corrected chi connectivity index (χ1v) is 11.4. The van der Waals surface area contributed by atoms with Gasteiger partial charge in [-0.2, -0.15) is 4.31 Å². The van der Waals surface area contributed by atoms with Gasteiger partial charge in [-0.05, 0) is 30.3 Å². The van der Waals surface area contributed by atoms with Crippen molar-refractivity contribution in [2.75, 3.05) is 19.6 Å². The Hall–Kier alpha value is -2.29. The summed E-state index contributed by atoms with van der Waals surface area (Å²) in [6, 6.07) is 14.1. The zero-order valence-corrected chi connectivity index (χ0v) is 17.5. The van der Waals surface area contributed by atoms with E-state index in [2.05, 4.69) is 10.3 Å². The molecule has 0 atom stereocenters. The summed E-state index contributed by atoms with van der Waals surface area (Å²) < 4.78 is 27.8. The van der Waals surface area contributed by atoms with Crippen LogP contribution < -0.4 is 5.32 Å². The molecule has 0 bridgehead atoms. The number of carbonyl (C=O) groups excluding carboxylic acids is 1. The molecule has 28 heavy (non-hydrogen) atoms. The summed E-state index contributed by atoms with van der Waals surface area (Å²) in [6.07, 6.45) is 0.628. The number of nitrogens with zero attached hydrogens (tertiary/aromatic N) is 2. The lowest BCUT2D eigenvalue weighted by atomic mass is 10.2. The van der Waals surface area contributed by atoms with Crippen LogP contribution in [0.2, 0.25) is 0 Å². The smallest absolute Gasteiger partial charge is 0.251 e. The van der Waals surface area contributed by atoms with Gasteiger partial charge in [0.05, 0.1) is 20.1 Å². The minimum atomic E-state index is -3.59. The molecule has 0 aliphatic heterocycles. The summed E-state index contributed by atoms with van der Waals surface area (Å²) >= 11 is 1.61. The molecule has 0 fully saturated rings. The Morgan fingerprint density at radius 2 is 1.86 bits per heavy atom. The number of hydrogen-bond donors (Lipinski definition) is 1. The van der Waals surface area contributed by atoms with Gasteiger partial charge in [-0.25, -0.2) is 13.4 Å². The van der Waals surface area contributed by atoms with Crippen LogP contribution in [-0.2, 0) is 16.4 Å². The molecule has 1 heterocycles. The Morgan fingerprint density at radius 1 is 1.11 bits per heavy atom. The molecule has 8 heteroatoms. The molecule has 0 aliphatic carbocycles. The largest absolute Gasteiger partial charge is 0.352 e. The minimum absolute atomic E-state index is 0.134. The molecule has 0 aliphatic rings. The minimum Gasteiger partial charge on any atom is -0.352 e. The van der Waals surface area contributed by atoms with Crippen molar-refractivity contribution in [3.63, 3.8) is 0 Å². The van der Waals surface area contributed by atoms with Crippen LogP contribution in [0.15, 0.2) is 53.4 Å². The van der Waals surface area contributed by atoms with Gasteiger partial charge in [-0.1, -0.05) is 32.0 Å². The lowest BCUT2D eigenvalue weighted by molar-refractivity contribution is 0.0954. The average Bonchev–Trinajstić information content (AvgIpc) is 3.11. The predicted molar refractivity (Wildman–Crippen MR) is 112 cm³/mol. The number of rotatable bonds is 8. The van der Waals surface area contributed by atoms with Crippen molar-refractivity contribution in [2.24, 2.45) is 0 Å². The Labute approximate surface area is 169 Å². The fourth-order valence-corrected chi connectivity index (χ4v) is 5.39. The molecule has 1 N–H and O–H groups in total. The number of sulfonamides is 1. The van der Waals surface area contributed by atoms with Crippen molar-refractivity contribution in [1.82, 2.24) is 14.6 Å². The quantitative estimate of drug-likeness (QED) is 0.610. The van der Waals surface area contributed by atoms with Crippen molar-refractivity contribution in [1.29, 1.82) is 0 Å². The molecule has 1 aromatic heterocycles. The van der Waals surface area contributed by atoms with Crippen LogP contribution in [0.4, 0.5) is 0 Å². The number of fused-ring (bicyclic) bond motifs is 1. The molecule has 0 unspecified atom stereocenters. The third-order valence-corrected chi connectivity index (χ3v) is 7.54. The van der Waals surface area contributed by atoms with Crippen LogP contribution in [0.5, 0.6) is 0 Å². The fraction of sp³-hybridized carbons (Fsp3) is 0.300. The number of hydrogen-bond acceptors (Lipinski definition) is 5. The van der Waals surface area contributed by atoms with Gasteiger partial charge in [0.1, 0.15) is 0 Å². The Balaban J connectivity index is 1.66. The summed E-state index contributed by atoms with van der Waals surface area (Å²) in [6.45, 7) is 4.79. The topological polar surface area (TPSA) is 79.4 Å². The van der Waals surface area contributed by atoms with E-state index in [0.717, 1.165) is 15.2 Å². The maximum absolute atomic E-state index is 12.6. The van der Waals surface area contributed by atoms with E-state index in [1.807, 2.05) is 24.3 Å². The number of aromatic nitrogens is 1. The van der Waals surface area contributed by atoms with E-state index in [9.17, 15) is 13.2 Å². The second-order valence-corrected chi connectivity index (χ2v) is 9.25. The molecule has 3 aromatic rings. The molecule has 0 spiro atoms. The van der Waals surface area contributed by atoms with E-state index in [0.29, 0.717) is 31.6 Å². The highest BCUT2D eigenvalue weighted by atomic mass is 32.2. The first-order valence-electron chi connectivity index (χ1n) is 9.18. The molecule has 0 saturated heterocycles. The van der Waals surface area contributed by atoms with Crippen molar-refractivity contribution >= 4 is 37.5 Å². The molecule has 6 nitrogen and oxygen atoms in total. The van der Waals surface area contributed by atoms with Crippen LogP contribution in [0.25, 0.3) is 10.2 Å². The standard InChI is InChI=1S/C20H23N3O3S2/c1-3-23(4-2)28(25,26)16-9-7-8-15(14-16)20(24)21-13-12-19-22-17-10-5-6-11-18(17)27-19/h5-11,14H,3-4,12-13H2,1-2H3,(H,21,24). The van der Waals surface area contributed by atoms with Gasteiger partial charge in [-0.15, -0.1) is 11.3 Å². The van der Waals surface area contributed by atoms with Gasteiger partial charge in [0.2, 0.25) is 10.0 Å². The van der Waals surface area contributed by atoms with E-state index in [-0.39, 0.29) is 10.8 Å². The van der Waals surface area contributed by atoms with Gasteiger partial charge >= 0.3 is 0 Å². The van der Waals surface area contributed by atoms with Crippen LogP contribution in [0, 0.1) is 0 Å². The van der Waals surface area contributed by atoms with E-state index < -0.39 is 10.0 Å². The lowest BCUT2D eigenvalue weighted by Crippen LogP contribution is -2.31. The summed E-state index contributed by atoms with van der Waals surface area (Å²) in [5, 5.41) is 3.80. The van der Waals surface area contributed by atoms with Crippen LogP contribution in [0.3, 0.4) is 0 Å². The molecule has 0 saturated carbocycles. The molecule has 0 radical (unpaired) electrons. The number of para-hydroxylation sites is 1. The molecular weight excluding hydrogens is 394 g/mol. The number of carbonyl (C=O) groups is 1. The highest BCUT2D eigenvalue weighted by molar-refractivity contribution is 7.89. The fourth-order valence-electron chi connectivity index (χ4n) is 2.92. The Morgan fingerprint density at radius 3 is 2.57 bits per heavy atom. The SMILES string of the molecule is CCN(CC)S(=O)(=O)c1cccc(C(=O)NCCc2nc3ccccc3s2)c1. The zero-order chi connectivity index (χ0) is 20.1. The maximum Gasteiger partial charge on any atom is 0.251 e. The number of benzene rings is 2. The summed E-state index contributed by atoms with van der Waals surface area (Å²) in [5.41, 5.74) is 1.29. The molecular formula is C20H23N3O3S2. The highest BCUT2D eigenvalue weighted by Gasteiger charge is 2.22. The molecule has 148 valence electrons. The second kappa shape index (κ2) is 8.81. The summed E-state index contributed by atoms with van der Waals surface area (Å²) in [4.78, 5) is 17.1. The van der Waals surface area contributed by atoms with Gasteiger partial charge in [0.15, 0.2) is 0 Å². The van der Waals surface area contributed by atoms with E-state index in [1.54, 1.807) is 37.3 Å². The number of thiazole rings is 1. The van der Waals surface area contributed by atoms with E-state index in [4.69, 9.17) is 0 Å². The van der Waals surface area contributed by atoms with Crippen LogP contribution in [-0.4, -0.2) is 43.2 Å². The normalized spacial score (nSPS) is 11.8. The predicted octanol–water partition coefficient (Wildman–Crippen LogP) is 3.30. The van der Waals surface area contributed by atoms with Crippen molar-refractivity contribution < 1.29 is 13.2 Å². The van der Waals surface area contributed by atoms with Crippen molar-refractivity contribution in [2.45, 2.75) is 25.2 Å². The van der Waals surface area contributed by atoms with Crippen molar-refractivity contribution in [3.05, 3.63) is 59.1 Å². The number of nitrogens with one attached hydrogen (secondary N) is 1. The third kappa shape index (κ3) is 4.40. The molecule has 3 rings (SSSR count). The summed E-state index contributed by atoms with van der Waals surface area (Å²) in [7, 11) is -3.59. The third-order valence-electron chi connectivity index (χ3n) is 4.40. The first-order chi connectivity index (χ1) is 13.5. The van der Waals surface area contributed by atoms with Crippen molar-refractivity contribution in [3.8, 4) is 0 Å². The average molecular weight is 418 g/mol. The zero-order valence-electron chi connectivity index (χ0n) is 15.9. The Kier molecular flexibility index (Phi) is 6.43. The first kappa shape index (κ1) is 20.4. The summed E-state index contributed by atoms with van der Waals surface area (Å²) in [5.74, 6) is -0.294. The molecule has 2 aromatic carbocycles. The maximum atomic E-state index is 12.6. The van der Waals surface area contributed by atoms with E-state index >= 15 is 0 Å². The van der Waals surface area contributed by atoms with Crippen LogP contribution in [0.1, 0.15) is 29.2 Å². The monoisotopic (exact) mass is 417 g/mol. The van der Waals surface area contributed by atoms with E-state index in [1.165, 1.54) is 16.4 Å². The van der Waals surface area contributed by atoms with Gasteiger partial charge < -0.3 is 5.32 Å².